The zero-order valence-electron chi connectivity index (χ0n) is 17.2. The molecule has 0 radical (unpaired) electrons. The number of benzene rings is 1. The van der Waals surface area contributed by atoms with E-state index in [1.165, 1.54) is 12.4 Å². The molecule has 1 aromatic carbocycles. The lowest BCUT2D eigenvalue weighted by atomic mass is 10.0. The highest BCUT2D eigenvalue weighted by Crippen LogP contribution is 2.32. The maximum atomic E-state index is 13.2. The number of ether oxygens (including phenoxy) is 1. The number of nitrogens with one attached hydrogen (secondary N) is 1. The Bertz CT molecular complexity index is 1070. The van der Waals surface area contributed by atoms with Crippen molar-refractivity contribution in [3.63, 3.8) is 0 Å². The zero-order chi connectivity index (χ0) is 22.6. The molecule has 1 N–H and O–H groups in total. The third-order valence-electron chi connectivity index (χ3n) is 4.44. The van der Waals surface area contributed by atoms with Crippen molar-refractivity contribution in [1.29, 1.82) is 0 Å². The monoisotopic (exact) mass is 430 g/mol. The maximum Gasteiger partial charge on any atom is 0.418 e. The summed E-state index contributed by atoms with van der Waals surface area (Å²) in [6.45, 7) is 4.25. The molecule has 0 spiro atoms. The number of aromatic nitrogens is 3. The first-order valence-corrected chi connectivity index (χ1v) is 9.51. The van der Waals surface area contributed by atoms with Gasteiger partial charge in [0.1, 0.15) is 5.75 Å². The van der Waals surface area contributed by atoms with Crippen LogP contribution in [0.1, 0.15) is 40.9 Å². The lowest BCUT2D eigenvalue weighted by Crippen LogP contribution is -2.14. The van der Waals surface area contributed by atoms with Crippen LogP contribution in [-0.2, 0) is 12.6 Å². The molecule has 0 fully saturated rings. The Morgan fingerprint density at radius 3 is 2.45 bits per heavy atom. The molecule has 0 aliphatic rings. The second kappa shape index (κ2) is 9.11. The standard InChI is InChI=1S/C22H21F3N4O2/c1-13(2)8-14-4-5-18(19(9-14)31-3)29-21-27-10-15(11-28-21)20(30)16-6-7-26-12-17(16)22(23,24)25/h4-7,9-13H,8H2,1-3H3,(H,27,28,29). The number of ketones is 1. The van der Waals surface area contributed by atoms with Gasteiger partial charge in [-0.05, 0) is 36.1 Å². The minimum absolute atomic E-state index is 0.0681. The number of carbonyl (C=O) groups excluding carboxylic acids is 1. The van der Waals surface area contributed by atoms with E-state index in [-0.39, 0.29) is 11.5 Å². The Hall–Kier alpha value is -3.49. The molecule has 0 saturated carbocycles. The van der Waals surface area contributed by atoms with Gasteiger partial charge in [0, 0.05) is 30.4 Å². The molecule has 9 heteroatoms. The normalized spacial score (nSPS) is 11.5. The van der Waals surface area contributed by atoms with Crippen molar-refractivity contribution in [3.8, 4) is 5.75 Å². The molecular formula is C22H21F3N4O2. The molecule has 0 atom stereocenters. The van der Waals surface area contributed by atoms with Gasteiger partial charge in [0.15, 0.2) is 5.78 Å². The van der Waals surface area contributed by atoms with Crippen LogP contribution < -0.4 is 10.1 Å². The number of hydrogen-bond donors (Lipinski definition) is 1. The molecule has 0 amide bonds. The van der Waals surface area contributed by atoms with Gasteiger partial charge in [-0.1, -0.05) is 19.9 Å². The van der Waals surface area contributed by atoms with Crippen LogP contribution in [0.25, 0.3) is 0 Å². The first-order chi connectivity index (χ1) is 14.7. The van der Waals surface area contributed by atoms with Crippen molar-refractivity contribution in [1.82, 2.24) is 15.0 Å². The molecule has 162 valence electrons. The largest absolute Gasteiger partial charge is 0.495 e. The molecule has 3 rings (SSSR count). The van der Waals surface area contributed by atoms with Crippen LogP contribution in [0.4, 0.5) is 24.8 Å². The van der Waals surface area contributed by atoms with Gasteiger partial charge in [-0.3, -0.25) is 9.78 Å². The molecule has 0 unspecified atom stereocenters. The highest BCUT2D eigenvalue weighted by Gasteiger charge is 2.35. The second-order valence-electron chi connectivity index (χ2n) is 7.30. The Morgan fingerprint density at radius 1 is 1.13 bits per heavy atom. The van der Waals surface area contributed by atoms with Crippen LogP contribution in [0, 0.1) is 5.92 Å². The van der Waals surface area contributed by atoms with Crippen LogP contribution in [0.5, 0.6) is 5.75 Å². The van der Waals surface area contributed by atoms with Crippen LogP contribution in [0.3, 0.4) is 0 Å². The van der Waals surface area contributed by atoms with Gasteiger partial charge in [0.2, 0.25) is 5.95 Å². The molecule has 0 bridgehead atoms. The minimum atomic E-state index is -4.69. The minimum Gasteiger partial charge on any atom is -0.495 e. The average molecular weight is 430 g/mol. The lowest BCUT2D eigenvalue weighted by Gasteiger charge is -2.13. The number of nitrogens with zero attached hydrogens (tertiary/aromatic N) is 3. The molecule has 31 heavy (non-hydrogen) atoms. The number of methoxy groups -OCH3 is 1. The first-order valence-electron chi connectivity index (χ1n) is 9.51. The summed E-state index contributed by atoms with van der Waals surface area (Å²) in [6.07, 6.45) is 0.322. The van der Waals surface area contributed by atoms with Gasteiger partial charge < -0.3 is 10.1 Å². The van der Waals surface area contributed by atoms with Crippen molar-refractivity contribution in [3.05, 3.63) is 71.3 Å². The quantitative estimate of drug-likeness (QED) is 0.527. The Balaban J connectivity index is 1.81. The number of alkyl halides is 3. The van der Waals surface area contributed by atoms with Crippen LogP contribution in [-0.4, -0.2) is 27.8 Å². The van der Waals surface area contributed by atoms with Crippen LogP contribution in [0.2, 0.25) is 0 Å². The van der Waals surface area contributed by atoms with Crippen molar-refractivity contribution < 1.29 is 22.7 Å². The summed E-state index contributed by atoms with van der Waals surface area (Å²) in [5, 5.41) is 3.00. The molecule has 6 nitrogen and oxygen atoms in total. The first kappa shape index (κ1) is 22.2. The van der Waals surface area contributed by atoms with Crippen molar-refractivity contribution >= 4 is 17.4 Å². The summed E-state index contributed by atoms with van der Waals surface area (Å²) >= 11 is 0. The lowest BCUT2D eigenvalue weighted by molar-refractivity contribution is -0.138. The fraction of sp³-hybridized carbons (Fsp3) is 0.273. The molecule has 0 saturated heterocycles. The van der Waals surface area contributed by atoms with Crippen LogP contribution >= 0.6 is 0 Å². The Kier molecular flexibility index (Phi) is 6.53. The fourth-order valence-electron chi connectivity index (χ4n) is 3.04. The van der Waals surface area contributed by atoms with Crippen LogP contribution in [0.15, 0.2) is 49.1 Å². The average Bonchev–Trinajstić information content (AvgIpc) is 2.74. The number of carbonyl (C=O) groups is 1. The van der Waals surface area contributed by atoms with Gasteiger partial charge >= 0.3 is 6.18 Å². The topological polar surface area (TPSA) is 77.0 Å². The smallest absolute Gasteiger partial charge is 0.418 e. The summed E-state index contributed by atoms with van der Waals surface area (Å²) < 4.78 is 44.9. The van der Waals surface area contributed by atoms with E-state index in [0.29, 0.717) is 23.6 Å². The van der Waals surface area contributed by atoms with E-state index in [9.17, 15) is 18.0 Å². The Labute approximate surface area is 177 Å². The molecule has 3 aromatic rings. The molecule has 2 heterocycles. The number of hydrogen-bond acceptors (Lipinski definition) is 6. The number of anilines is 2. The second-order valence-corrected chi connectivity index (χ2v) is 7.30. The van der Waals surface area contributed by atoms with Gasteiger partial charge in [-0.25, -0.2) is 9.97 Å². The van der Waals surface area contributed by atoms with Gasteiger partial charge in [-0.15, -0.1) is 0 Å². The molecule has 0 aliphatic carbocycles. The zero-order valence-corrected chi connectivity index (χ0v) is 17.2. The van der Waals surface area contributed by atoms with E-state index < -0.39 is 23.1 Å². The van der Waals surface area contributed by atoms with Gasteiger partial charge in [0.25, 0.3) is 0 Å². The number of pyridine rings is 1. The fourth-order valence-corrected chi connectivity index (χ4v) is 3.04. The molecular weight excluding hydrogens is 409 g/mol. The predicted molar refractivity (Wildman–Crippen MR) is 110 cm³/mol. The summed E-state index contributed by atoms with van der Waals surface area (Å²) in [6, 6.07) is 6.75. The third-order valence-corrected chi connectivity index (χ3v) is 4.44. The molecule has 0 aliphatic heterocycles. The van der Waals surface area contributed by atoms with E-state index in [2.05, 4.69) is 34.1 Å². The van der Waals surface area contributed by atoms with Crippen molar-refractivity contribution in [2.45, 2.75) is 26.4 Å². The highest BCUT2D eigenvalue weighted by atomic mass is 19.4. The predicted octanol–water partition coefficient (Wildman–Crippen LogP) is 5.07. The molecule has 2 aromatic heterocycles. The van der Waals surface area contributed by atoms with E-state index in [1.807, 2.05) is 18.2 Å². The summed E-state index contributed by atoms with van der Waals surface area (Å²) in [4.78, 5) is 24.1. The van der Waals surface area contributed by atoms with E-state index in [0.717, 1.165) is 24.2 Å². The number of halogens is 3. The van der Waals surface area contributed by atoms with E-state index in [4.69, 9.17) is 4.74 Å². The van der Waals surface area contributed by atoms with E-state index >= 15 is 0 Å². The summed E-state index contributed by atoms with van der Waals surface area (Å²) in [7, 11) is 1.55. The SMILES string of the molecule is COc1cc(CC(C)C)ccc1Nc1ncc(C(=O)c2ccncc2C(F)(F)F)cn1. The highest BCUT2D eigenvalue weighted by molar-refractivity contribution is 6.09. The summed E-state index contributed by atoms with van der Waals surface area (Å²) in [5.74, 6) is 0.442. The summed E-state index contributed by atoms with van der Waals surface area (Å²) in [5.41, 5.74) is 0.0730. The van der Waals surface area contributed by atoms with Gasteiger partial charge in [0.05, 0.1) is 23.9 Å². The van der Waals surface area contributed by atoms with Crippen molar-refractivity contribution in [2.24, 2.45) is 5.92 Å². The third kappa shape index (κ3) is 5.36. The van der Waals surface area contributed by atoms with Gasteiger partial charge in [-0.2, -0.15) is 13.2 Å². The maximum absolute atomic E-state index is 13.2. The number of rotatable bonds is 7. The Morgan fingerprint density at radius 2 is 1.84 bits per heavy atom. The van der Waals surface area contributed by atoms with E-state index in [1.54, 1.807) is 7.11 Å². The van der Waals surface area contributed by atoms with Crippen molar-refractivity contribution in [2.75, 3.05) is 12.4 Å².